The molecule has 20 heavy (non-hydrogen) atoms. The van der Waals surface area contributed by atoms with Gasteiger partial charge < -0.3 is 5.73 Å². The second kappa shape index (κ2) is 4.33. The Labute approximate surface area is 115 Å². The van der Waals surface area contributed by atoms with Gasteiger partial charge in [-0.3, -0.25) is 4.57 Å². The lowest BCUT2D eigenvalue weighted by atomic mass is 10.2. The van der Waals surface area contributed by atoms with E-state index in [1.54, 1.807) is 15.3 Å². The Hall–Kier alpha value is -2.37. The van der Waals surface area contributed by atoms with Gasteiger partial charge in [0.2, 0.25) is 5.95 Å². The van der Waals surface area contributed by atoms with E-state index in [9.17, 15) is 4.39 Å². The molecule has 2 heterocycles. The summed E-state index contributed by atoms with van der Waals surface area (Å²) in [5.74, 6) is 0.0427. The van der Waals surface area contributed by atoms with E-state index in [0.29, 0.717) is 11.6 Å². The summed E-state index contributed by atoms with van der Waals surface area (Å²) < 4.78 is 17.0. The van der Waals surface area contributed by atoms with Crippen LogP contribution in [0.15, 0.2) is 18.2 Å². The maximum absolute atomic E-state index is 13.5. The Morgan fingerprint density at radius 1 is 1.35 bits per heavy atom. The summed E-state index contributed by atoms with van der Waals surface area (Å²) in [7, 11) is 1.84. The van der Waals surface area contributed by atoms with Crippen molar-refractivity contribution in [3.05, 3.63) is 35.3 Å². The highest BCUT2D eigenvalue weighted by Gasteiger charge is 2.19. The average Bonchev–Trinajstić information content (AvgIpc) is 2.90. The van der Waals surface area contributed by atoms with E-state index in [4.69, 9.17) is 5.73 Å². The Balaban J connectivity index is 2.39. The van der Waals surface area contributed by atoms with Crippen LogP contribution >= 0.6 is 0 Å². The molecule has 0 saturated heterocycles. The zero-order chi connectivity index (χ0) is 14.4. The summed E-state index contributed by atoms with van der Waals surface area (Å²) in [6.07, 6.45) is 0.774. The number of fused-ring (bicyclic) bond motifs is 1. The number of benzene rings is 1. The number of imidazole rings is 1. The van der Waals surface area contributed by atoms with Crippen LogP contribution in [0.5, 0.6) is 0 Å². The molecule has 0 aliphatic carbocycles. The molecule has 0 unspecified atom stereocenters. The van der Waals surface area contributed by atoms with Crippen molar-refractivity contribution in [1.29, 1.82) is 0 Å². The van der Waals surface area contributed by atoms with E-state index in [1.165, 1.54) is 12.1 Å². The Morgan fingerprint density at radius 3 is 2.80 bits per heavy atom. The smallest absolute Gasteiger partial charge is 0.207 e. The summed E-state index contributed by atoms with van der Waals surface area (Å²) in [5, 5.41) is 4.43. The molecule has 2 aromatic heterocycles. The molecule has 0 aliphatic rings. The van der Waals surface area contributed by atoms with Crippen LogP contribution in [-0.2, 0) is 13.5 Å². The van der Waals surface area contributed by atoms with E-state index >= 15 is 0 Å². The summed E-state index contributed by atoms with van der Waals surface area (Å²) >= 11 is 0. The van der Waals surface area contributed by atoms with Gasteiger partial charge in [0.05, 0.1) is 11.4 Å². The molecule has 0 aliphatic heterocycles. The number of halogens is 1. The van der Waals surface area contributed by atoms with Crippen LogP contribution in [0.3, 0.4) is 0 Å². The van der Waals surface area contributed by atoms with Crippen molar-refractivity contribution in [1.82, 2.24) is 19.3 Å². The van der Waals surface area contributed by atoms with Crippen LogP contribution in [0.2, 0.25) is 0 Å². The Morgan fingerprint density at radius 2 is 2.10 bits per heavy atom. The topological polar surface area (TPSA) is 61.7 Å². The van der Waals surface area contributed by atoms with Crippen molar-refractivity contribution in [2.75, 3.05) is 5.73 Å². The highest BCUT2D eigenvalue weighted by Crippen LogP contribution is 2.27. The van der Waals surface area contributed by atoms with Crippen LogP contribution < -0.4 is 5.73 Å². The second-order valence-electron chi connectivity index (χ2n) is 4.83. The van der Waals surface area contributed by atoms with Gasteiger partial charge >= 0.3 is 0 Å². The first-order chi connectivity index (χ1) is 9.52. The van der Waals surface area contributed by atoms with Crippen molar-refractivity contribution in [2.24, 2.45) is 7.05 Å². The van der Waals surface area contributed by atoms with E-state index in [-0.39, 0.29) is 5.82 Å². The van der Waals surface area contributed by atoms with Gasteiger partial charge in [0.25, 0.3) is 0 Å². The molecule has 104 valence electrons. The van der Waals surface area contributed by atoms with E-state index < -0.39 is 0 Å². The van der Waals surface area contributed by atoms with Crippen molar-refractivity contribution in [3.8, 4) is 5.69 Å². The molecular weight excluding hydrogens is 257 g/mol. The molecule has 0 bridgehead atoms. The van der Waals surface area contributed by atoms with Gasteiger partial charge in [-0.1, -0.05) is 13.0 Å². The summed E-state index contributed by atoms with van der Waals surface area (Å²) in [6.45, 7) is 3.93. The van der Waals surface area contributed by atoms with Crippen molar-refractivity contribution >= 4 is 17.1 Å². The SMILES string of the molecule is CCc1nn(C)c2c1nc(N)n2-c1cc(F)ccc1C. The minimum absolute atomic E-state index is 0.301. The summed E-state index contributed by atoms with van der Waals surface area (Å²) in [5.41, 5.74) is 10.1. The first-order valence-electron chi connectivity index (χ1n) is 6.49. The Bertz CT molecular complexity index is 800. The number of anilines is 1. The van der Waals surface area contributed by atoms with E-state index in [2.05, 4.69) is 10.1 Å². The minimum atomic E-state index is -0.301. The molecule has 2 N–H and O–H groups in total. The molecular formula is C14H16FN5. The number of hydrogen-bond donors (Lipinski definition) is 1. The third-order valence-electron chi connectivity index (χ3n) is 3.48. The van der Waals surface area contributed by atoms with E-state index in [1.807, 2.05) is 20.9 Å². The first kappa shape index (κ1) is 12.7. The molecule has 0 spiro atoms. The monoisotopic (exact) mass is 273 g/mol. The molecule has 0 amide bonds. The van der Waals surface area contributed by atoms with Crippen LogP contribution in [0.25, 0.3) is 16.9 Å². The zero-order valence-corrected chi connectivity index (χ0v) is 11.7. The van der Waals surface area contributed by atoms with Gasteiger partial charge in [0, 0.05) is 7.05 Å². The van der Waals surface area contributed by atoms with Crippen LogP contribution in [0.4, 0.5) is 10.3 Å². The number of aromatic nitrogens is 4. The van der Waals surface area contributed by atoms with Crippen molar-refractivity contribution in [3.63, 3.8) is 0 Å². The molecule has 3 rings (SSSR count). The predicted octanol–water partition coefficient (Wildman–Crippen LogP) is 2.35. The second-order valence-corrected chi connectivity index (χ2v) is 4.83. The highest BCUT2D eigenvalue weighted by atomic mass is 19.1. The van der Waals surface area contributed by atoms with Gasteiger partial charge in [-0.2, -0.15) is 5.10 Å². The van der Waals surface area contributed by atoms with Gasteiger partial charge in [0.1, 0.15) is 11.3 Å². The number of nitrogens with zero attached hydrogens (tertiary/aromatic N) is 4. The number of nitrogen functional groups attached to an aromatic ring is 1. The molecule has 0 radical (unpaired) electrons. The minimum Gasteiger partial charge on any atom is -0.369 e. The van der Waals surface area contributed by atoms with Crippen LogP contribution in [-0.4, -0.2) is 19.3 Å². The van der Waals surface area contributed by atoms with Gasteiger partial charge in [0.15, 0.2) is 5.65 Å². The lowest BCUT2D eigenvalue weighted by Crippen LogP contribution is -2.06. The van der Waals surface area contributed by atoms with Crippen LogP contribution in [0, 0.1) is 12.7 Å². The standard InChI is InChI=1S/C14H16FN5/c1-4-10-12-13(19(3)18-10)20(14(16)17-12)11-7-9(15)6-5-8(11)2/h5-7H,4H2,1-3H3,(H2,16,17). The number of nitrogens with two attached hydrogens (primary N) is 1. The van der Waals surface area contributed by atoms with Crippen molar-refractivity contribution in [2.45, 2.75) is 20.3 Å². The predicted molar refractivity (Wildman–Crippen MR) is 76.3 cm³/mol. The first-order valence-corrected chi connectivity index (χ1v) is 6.49. The van der Waals surface area contributed by atoms with Gasteiger partial charge in [-0.05, 0) is 31.0 Å². The maximum Gasteiger partial charge on any atom is 0.207 e. The van der Waals surface area contributed by atoms with Crippen molar-refractivity contribution < 1.29 is 4.39 Å². The molecule has 6 heteroatoms. The quantitative estimate of drug-likeness (QED) is 0.779. The average molecular weight is 273 g/mol. The molecule has 0 atom stereocenters. The van der Waals surface area contributed by atoms with Gasteiger partial charge in [-0.15, -0.1) is 0 Å². The normalized spacial score (nSPS) is 11.4. The molecule has 1 aromatic carbocycles. The fourth-order valence-corrected chi connectivity index (χ4v) is 2.50. The zero-order valence-electron chi connectivity index (χ0n) is 11.7. The molecule has 3 aromatic rings. The lowest BCUT2D eigenvalue weighted by Gasteiger charge is -2.10. The van der Waals surface area contributed by atoms with Crippen LogP contribution in [0.1, 0.15) is 18.2 Å². The highest BCUT2D eigenvalue weighted by molar-refractivity contribution is 5.80. The molecule has 0 saturated carbocycles. The van der Waals surface area contributed by atoms with E-state index in [0.717, 1.165) is 28.8 Å². The summed E-state index contributed by atoms with van der Waals surface area (Å²) in [4.78, 5) is 4.39. The largest absolute Gasteiger partial charge is 0.369 e. The Kier molecular flexibility index (Phi) is 2.74. The molecule has 5 nitrogen and oxygen atoms in total. The van der Waals surface area contributed by atoms with Gasteiger partial charge in [-0.25, -0.2) is 14.1 Å². The third kappa shape index (κ3) is 1.68. The fraction of sp³-hybridized carbons (Fsp3) is 0.286. The number of rotatable bonds is 2. The third-order valence-corrected chi connectivity index (χ3v) is 3.48. The summed E-state index contributed by atoms with van der Waals surface area (Å²) in [6, 6.07) is 4.63. The lowest BCUT2D eigenvalue weighted by molar-refractivity contribution is 0.626. The maximum atomic E-state index is 13.5. The number of hydrogen-bond acceptors (Lipinski definition) is 3. The number of aryl methyl sites for hydroxylation is 3. The molecule has 0 fully saturated rings. The fourth-order valence-electron chi connectivity index (χ4n) is 2.50.